The van der Waals surface area contributed by atoms with Crippen LogP contribution in [0.4, 0.5) is 23.0 Å². The first kappa shape index (κ1) is 25.2. The molecule has 3 unspecified atom stereocenters. The largest absolute Gasteiger partial charge is 0.302 e. The normalized spacial score (nSPS) is 23.6. The molecule has 0 amide bonds. The third kappa shape index (κ3) is 3.63. The van der Waals surface area contributed by atoms with Crippen LogP contribution in [0.1, 0.15) is 83.9 Å². The van der Waals surface area contributed by atoms with Gasteiger partial charge in [0.1, 0.15) is 6.17 Å². The Kier molecular flexibility index (Phi) is 6.13. The van der Waals surface area contributed by atoms with Gasteiger partial charge in [-0.25, -0.2) is 9.97 Å². The van der Waals surface area contributed by atoms with E-state index in [0.717, 1.165) is 23.0 Å². The number of hydrogen-bond donors (Lipinski definition) is 0. The first-order valence-electron chi connectivity index (χ1n) is 14.5. The van der Waals surface area contributed by atoms with Crippen molar-refractivity contribution >= 4 is 23.0 Å². The summed E-state index contributed by atoms with van der Waals surface area (Å²) >= 11 is 0. The topological polar surface area (TPSA) is 32.3 Å². The average Bonchev–Trinajstić information content (AvgIpc) is 3.29. The Morgan fingerprint density at radius 3 is 2.26 bits per heavy atom. The van der Waals surface area contributed by atoms with Crippen molar-refractivity contribution in [2.24, 2.45) is 17.3 Å². The molecule has 1 aromatic heterocycles. The molecule has 0 spiro atoms. The maximum absolute atomic E-state index is 5.53. The van der Waals surface area contributed by atoms with Crippen LogP contribution in [0.5, 0.6) is 0 Å². The third-order valence-corrected chi connectivity index (χ3v) is 10.5. The standard InChI is InChI=1S/C34H42N4/c1-7-26-23(2)32-37(25-18-12-9-13-19-25)30-31(38(32)28-21-15-14-20-27(26)28)36-29(22-35-30)34(5,6)33(3,4)24-16-10-8-11-17-24/h7,9,12-15,18-24,26,32H,1,8,10-11,16-17H2,2-6H3. The second-order valence-electron chi connectivity index (χ2n) is 12.8. The van der Waals surface area contributed by atoms with Gasteiger partial charge in [0.05, 0.1) is 11.9 Å². The van der Waals surface area contributed by atoms with Crippen molar-refractivity contribution in [3.63, 3.8) is 0 Å². The molecule has 3 atom stereocenters. The summed E-state index contributed by atoms with van der Waals surface area (Å²) in [5.41, 5.74) is 4.79. The molecule has 0 saturated heterocycles. The molecule has 2 aromatic carbocycles. The molecule has 1 aliphatic carbocycles. The molecule has 1 fully saturated rings. The summed E-state index contributed by atoms with van der Waals surface area (Å²) in [4.78, 5) is 15.6. The van der Waals surface area contributed by atoms with Gasteiger partial charge in [0, 0.05) is 28.6 Å². The van der Waals surface area contributed by atoms with Crippen LogP contribution in [0.15, 0.2) is 73.4 Å². The van der Waals surface area contributed by atoms with E-state index in [-0.39, 0.29) is 22.9 Å². The minimum atomic E-state index is -0.114. The van der Waals surface area contributed by atoms with E-state index >= 15 is 0 Å². The van der Waals surface area contributed by atoms with Crippen molar-refractivity contribution in [2.75, 3.05) is 9.80 Å². The van der Waals surface area contributed by atoms with Crippen molar-refractivity contribution in [1.82, 2.24) is 9.97 Å². The molecule has 4 nitrogen and oxygen atoms in total. The predicted octanol–water partition coefficient (Wildman–Crippen LogP) is 8.90. The van der Waals surface area contributed by atoms with E-state index in [9.17, 15) is 0 Å². The number of para-hydroxylation sites is 2. The van der Waals surface area contributed by atoms with E-state index in [1.165, 1.54) is 43.4 Å². The molecule has 6 rings (SSSR count). The number of allylic oxidation sites excluding steroid dienone is 1. The van der Waals surface area contributed by atoms with Crippen LogP contribution < -0.4 is 9.80 Å². The smallest absolute Gasteiger partial charge is 0.178 e. The van der Waals surface area contributed by atoms with Crippen molar-refractivity contribution in [2.45, 2.75) is 84.2 Å². The summed E-state index contributed by atoms with van der Waals surface area (Å²) in [6, 6.07) is 19.5. The highest BCUT2D eigenvalue weighted by molar-refractivity contribution is 5.86. The number of anilines is 4. The summed E-state index contributed by atoms with van der Waals surface area (Å²) in [5.74, 6) is 3.19. The fraction of sp³-hybridized carbons (Fsp3) is 0.471. The Morgan fingerprint density at radius 1 is 0.868 bits per heavy atom. The van der Waals surface area contributed by atoms with E-state index in [2.05, 4.69) is 118 Å². The van der Waals surface area contributed by atoms with Crippen LogP contribution in [0.3, 0.4) is 0 Å². The number of hydrogen-bond acceptors (Lipinski definition) is 4. The average molecular weight is 507 g/mol. The summed E-state index contributed by atoms with van der Waals surface area (Å²) in [6.07, 6.45) is 11.0. The summed E-state index contributed by atoms with van der Waals surface area (Å²) in [6.45, 7) is 16.3. The third-order valence-electron chi connectivity index (χ3n) is 10.5. The highest BCUT2D eigenvalue weighted by Crippen LogP contribution is 2.56. The molecule has 3 aliphatic rings. The number of nitrogens with zero attached hydrogens (tertiary/aromatic N) is 4. The van der Waals surface area contributed by atoms with Gasteiger partial charge >= 0.3 is 0 Å². The Hall–Kier alpha value is -3.14. The summed E-state index contributed by atoms with van der Waals surface area (Å²) in [5, 5.41) is 0. The highest BCUT2D eigenvalue weighted by Gasteiger charge is 2.51. The van der Waals surface area contributed by atoms with Gasteiger partial charge in [0.15, 0.2) is 11.6 Å². The second kappa shape index (κ2) is 9.25. The molecule has 2 aliphatic heterocycles. The second-order valence-corrected chi connectivity index (χ2v) is 12.8. The molecule has 4 heteroatoms. The van der Waals surface area contributed by atoms with Crippen LogP contribution in [-0.2, 0) is 5.41 Å². The zero-order chi connectivity index (χ0) is 26.7. The summed E-state index contributed by atoms with van der Waals surface area (Å²) < 4.78 is 0. The van der Waals surface area contributed by atoms with Crippen molar-refractivity contribution in [3.05, 3.63) is 84.7 Å². The molecule has 1 saturated carbocycles. The van der Waals surface area contributed by atoms with Gasteiger partial charge in [-0.1, -0.05) is 96.4 Å². The van der Waals surface area contributed by atoms with Crippen molar-refractivity contribution in [1.29, 1.82) is 0 Å². The van der Waals surface area contributed by atoms with E-state index < -0.39 is 0 Å². The molecule has 198 valence electrons. The Morgan fingerprint density at radius 2 is 1.55 bits per heavy atom. The van der Waals surface area contributed by atoms with Crippen LogP contribution in [0.25, 0.3) is 0 Å². The number of aromatic nitrogens is 2. The van der Waals surface area contributed by atoms with Crippen LogP contribution in [0.2, 0.25) is 0 Å². The lowest BCUT2D eigenvalue weighted by molar-refractivity contribution is 0.0708. The van der Waals surface area contributed by atoms with E-state index in [1.807, 2.05) is 0 Å². The van der Waals surface area contributed by atoms with Gasteiger partial charge in [-0.05, 0) is 47.9 Å². The predicted molar refractivity (Wildman–Crippen MR) is 158 cm³/mol. The van der Waals surface area contributed by atoms with Gasteiger partial charge in [-0.2, -0.15) is 0 Å². The zero-order valence-corrected chi connectivity index (χ0v) is 23.7. The molecule has 3 heterocycles. The number of benzene rings is 2. The lowest BCUT2D eigenvalue weighted by atomic mass is 9.57. The van der Waals surface area contributed by atoms with Crippen molar-refractivity contribution < 1.29 is 0 Å². The Labute approximate surface area is 228 Å². The van der Waals surface area contributed by atoms with E-state index in [4.69, 9.17) is 9.97 Å². The lowest BCUT2D eigenvalue weighted by Gasteiger charge is -2.48. The minimum Gasteiger partial charge on any atom is -0.302 e. The van der Waals surface area contributed by atoms with Gasteiger partial charge in [-0.3, -0.25) is 0 Å². The van der Waals surface area contributed by atoms with Gasteiger partial charge in [0.25, 0.3) is 0 Å². The van der Waals surface area contributed by atoms with Crippen LogP contribution >= 0.6 is 0 Å². The van der Waals surface area contributed by atoms with Gasteiger partial charge in [0.2, 0.25) is 0 Å². The van der Waals surface area contributed by atoms with E-state index in [0.29, 0.717) is 11.8 Å². The first-order chi connectivity index (χ1) is 18.3. The molecular weight excluding hydrogens is 464 g/mol. The molecular formula is C34H42N4. The maximum atomic E-state index is 5.53. The van der Waals surface area contributed by atoms with Gasteiger partial charge < -0.3 is 9.80 Å². The monoisotopic (exact) mass is 506 g/mol. The molecule has 0 bridgehead atoms. The number of fused-ring (bicyclic) bond motifs is 5. The SMILES string of the molecule is C=CC1c2ccccc2N2c3nc(C(C)(C)C(C)(C)C4CCCCC4)cnc3N(c3ccccc3)C2C1C. The fourth-order valence-electron chi connectivity index (χ4n) is 7.43. The Balaban J connectivity index is 1.52. The number of rotatable bonds is 5. The van der Waals surface area contributed by atoms with E-state index in [1.54, 1.807) is 0 Å². The Bertz CT molecular complexity index is 1320. The van der Waals surface area contributed by atoms with Crippen LogP contribution in [-0.4, -0.2) is 16.1 Å². The fourth-order valence-corrected chi connectivity index (χ4v) is 7.43. The highest BCUT2D eigenvalue weighted by atomic mass is 15.5. The molecule has 3 aromatic rings. The van der Waals surface area contributed by atoms with Gasteiger partial charge in [-0.15, -0.1) is 6.58 Å². The minimum absolute atomic E-state index is 0.0787. The summed E-state index contributed by atoms with van der Waals surface area (Å²) in [7, 11) is 0. The lowest BCUT2D eigenvalue weighted by Crippen LogP contribution is -2.48. The van der Waals surface area contributed by atoms with Crippen molar-refractivity contribution in [3.8, 4) is 0 Å². The first-order valence-corrected chi connectivity index (χ1v) is 14.5. The maximum Gasteiger partial charge on any atom is 0.178 e. The van der Waals surface area contributed by atoms with Crippen LogP contribution in [0, 0.1) is 17.3 Å². The molecule has 0 radical (unpaired) electrons. The molecule has 0 N–H and O–H groups in total. The molecule has 38 heavy (non-hydrogen) atoms. The quantitative estimate of drug-likeness (QED) is 0.323. The zero-order valence-electron chi connectivity index (χ0n) is 23.7.